The number of aliphatic hydroxyl groups excluding tert-OH is 1. The van der Waals surface area contributed by atoms with Gasteiger partial charge in [-0.05, 0) is 67.6 Å². The van der Waals surface area contributed by atoms with Gasteiger partial charge in [-0.2, -0.15) is 36.4 Å². The normalized spacial score (nSPS) is 10.7. The van der Waals surface area contributed by atoms with E-state index in [1.165, 1.54) is 15.9 Å². The number of carbonyl (C=O) groups excluding carboxylic acids is 1. The van der Waals surface area contributed by atoms with E-state index in [0.717, 1.165) is 10.6 Å². The van der Waals surface area contributed by atoms with Crippen LogP contribution in [0.1, 0.15) is 12.5 Å². The third-order valence-electron chi connectivity index (χ3n) is 7.93. The molecular weight excluding hydrogens is 733 g/mol. The average molecular weight is 776 g/mol. The number of esters is 1. The molecule has 7 rings (SSSR count). The molecule has 0 saturated heterocycles. The predicted molar refractivity (Wildman–Crippen MR) is 225 cm³/mol. The van der Waals surface area contributed by atoms with Crippen LogP contribution in [0.15, 0.2) is 218 Å². The van der Waals surface area contributed by atoms with Gasteiger partial charge in [0, 0.05) is 22.1 Å². The summed E-state index contributed by atoms with van der Waals surface area (Å²) in [5, 5.41) is 17.7. The van der Waals surface area contributed by atoms with E-state index in [9.17, 15) is 9.90 Å². The molecule has 7 aromatic rings. The summed E-state index contributed by atoms with van der Waals surface area (Å²) < 4.78 is 5.34. The van der Waals surface area contributed by atoms with Crippen LogP contribution in [0, 0.1) is 6.07 Å². The number of hydrogen-bond acceptors (Lipinski definition) is 3. The van der Waals surface area contributed by atoms with Crippen molar-refractivity contribution in [2.75, 3.05) is 6.61 Å². The van der Waals surface area contributed by atoms with Gasteiger partial charge in [-0.25, -0.2) is 4.79 Å². The third kappa shape index (κ3) is 12.2. The SMILES string of the molecule is CCOC(=O)C(=C(O)c1ccccc1)[PH+](c1ccccc1)c1ccccc1.[Ni].[c-]1ccccc1.c1ccc([PH+](c2ccccc2)c2ccccc2)cc1. The molecule has 0 aliphatic heterocycles. The number of carbonyl (C=O) groups is 1. The minimum atomic E-state index is -1.75. The zero-order valence-electron chi connectivity index (χ0n) is 29.5. The molecule has 0 atom stereocenters. The van der Waals surface area contributed by atoms with Crippen LogP contribution in [0.25, 0.3) is 5.76 Å². The summed E-state index contributed by atoms with van der Waals surface area (Å²) in [6.45, 7) is 2.02. The second-order valence-electron chi connectivity index (χ2n) is 11.5. The number of rotatable bonds is 9. The van der Waals surface area contributed by atoms with E-state index in [4.69, 9.17) is 4.74 Å². The maximum Gasteiger partial charge on any atom is 0.378 e. The van der Waals surface area contributed by atoms with Crippen molar-refractivity contribution in [3.8, 4) is 0 Å². The van der Waals surface area contributed by atoms with Gasteiger partial charge in [-0.15, -0.1) is 0 Å². The summed E-state index contributed by atoms with van der Waals surface area (Å²) in [6.07, 6.45) is 0. The van der Waals surface area contributed by atoms with Crippen molar-refractivity contribution in [3.63, 3.8) is 0 Å². The van der Waals surface area contributed by atoms with Crippen molar-refractivity contribution in [1.82, 2.24) is 0 Å². The van der Waals surface area contributed by atoms with Crippen molar-refractivity contribution >= 4 is 54.1 Å². The van der Waals surface area contributed by atoms with Gasteiger partial charge in [0.25, 0.3) is 0 Å². The number of benzene rings is 7. The molecule has 0 radical (unpaired) electrons. The summed E-state index contributed by atoms with van der Waals surface area (Å²) in [5.41, 5.74) is 0.606. The van der Waals surface area contributed by atoms with Crippen LogP contribution in [-0.2, 0) is 26.0 Å². The second kappa shape index (κ2) is 22.8. The molecule has 0 heterocycles. The van der Waals surface area contributed by atoms with Crippen LogP contribution < -0.4 is 26.5 Å². The predicted octanol–water partition coefficient (Wildman–Crippen LogP) is 9.00. The summed E-state index contributed by atoms with van der Waals surface area (Å²) in [7, 11) is -2.63. The van der Waals surface area contributed by atoms with Crippen molar-refractivity contribution in [1.29, 1.82) is 0 Å². The maximum absolute atomic E-state index is 12.9. The fraction of sp³-hybridized carbons (Fsp3) is 0.0426. The molecule has 7 aromatic carbocycles. The van der Waals surface area contributed by atoms with E-state index in [2.05, 4.69) is 97.1 Å². The number of hydrogen-bond donors (Lipinski definition) is 1. The monoisotopic (exact) mass is 775 g/mol. The molecule has 0 fully saturated rings. The van der Waals surface area contributed by atoms with Crippen LogP contribution in [0.3, 0.4) is 0 Å². The Morgan fingerprint density at radius 3 is 1.13 bits per heavy atom. The Balaban J connectivity index is 0.000000208. The first kappa shape index (κ1) is 40.7. The van der Waals surface area contributed by atoms with Gasteiger partial charge in [0.05, 0.1) is 14.5 Å². The third-order valence-corrected chi connectivity index (χ3v) is 13.4. The molecule has 0 saturated carbocycles. The molecule has 0 bridgehead atoms. The van der Waals surface area contributed by atoms with E-state index in [-0.39, 0.29) is 28.9 Å². The number of ether oxygens (including phenoxy) is 1. The van der Waals surface area contributed by atoms with Crippen LogP contribution >= 0.6 is 15.8 Å². The smallest absolute Gasteiger partial charge is 0.378 e. The van der Waals surface area contributed by atoms with Gasteiger partial charge in [-0.3, -0.25) is 0 Å². The van der Waals surface area contributed by atoms with Crippen molar-refractivity contribution in [2.45, 2.75) is 6.92 Å². The Morgan fingerprint density at radius 1 is 0.509 bits per heavy atom. The number of aliphatic hydroxyl groups is 1. The Morgan fingerprint density at radius 2 is 0.830 bits per heavy atom. The molecule has 268 valence electrons. The fourth-order valence-corrected chi connectivity index (χ4v) is 10.8. The first-order valence-electron chi connectivity index (χ1n) is 17.3. The second-order valence-corrected chi connectivity index (χ2v) is 16.4. The van der Waals surface area contributed by atoms with Crippen LogP contribution in [0.2, 0.25) is 0 Å². The zero-order chi connectivity index (χ0) is 36.2. The molecule has 0 spiro atoms. The molecule has 0 aromatic heterocycles. The van der Waals surface area contributed by atoms with Crippen LogP contribution in [-0.4, -0.2) is 17.7 Å². The van der Waals surface area contributed by atoms with Crippen LogP contribution in [0.4, 0.5) is 0 Å². The van der Waals surface area contributed by atoms with Crippen LogP contribution in [0.5, 0.6) is 0 Å². The zero-order valence-corrected chi connectivity index (χ0v) is 32.5. The summed E-state index contributed by atoms with van der Waals surface area (Å²) >= 11 is 0. The van der Waals surface area contributed by atoms with E-state index in [1.54, 1.807) is 19.1 Å². The molecule has 0 amide bonds. The minimum Gasteiger partial charge on any atom is -0.503 e. The van der Waals surface area contributed by atoms with E-state index in [0.29, 0.717) is 10.9 Å². The summed E-state index contributed by atoms with van der Waals surface area (Å²) in [6, 6.07) is 73.8. The Labute approximate surface area is 326 Å². The fourth-order valence-electron chi connectivity index (χ4n) is 5.58. The van der Waals surface area contributed by atoms with Gasteiger partial charge >= 0.3 is 5.97 Å². The molecule has 0 aliphatic carbocycles. The molecule has 53 heavy (non-hydrogen) atoms. The molecule has 1 N–H and O–H groups in total. The Bertz CT molecular complexity index is 1890. The molecular formula is C47H43NiO3P2+. The van der Waals surface area contributed by atoms with E-state index >= 15 is 0 Å². The van der Waals surface area contributed by atoms with E-state index < -0.39 is 21.8 Å². The Kier molecular flexibility index (Phi) is 17.5. The largest absolute Gasteiger partial charge is 0.503 e. The summed E-state index contributed by atoms with van der Waals surface area (Å²) in [5.74, 6) is -0.490. The topological polar surface area (TPSA) is 46.5 Å². The first-order valence-corrected chi connectivity index (χ1v) is 20.3. The van der Waals surface area contributed by atoms with Gasteiger partial charge < -0.3 is 9.84 Å². The average Bonchev–Trinajstić information content (AvgIpc) is 3.23. The Hall–Kier alpha value is -5.10. The van der Waals surface area contributed by atoms with Gasteiger partial charge in [-0.1, -0.05) is 121 Å². The molecule has 0 aliphatic rings. The quantitative estimate of drug-likeness (QED) is 0.0398. The van der Waals surface area contributed by atoms with E-state index in [1.807, 2.05) is 109 Å². The molecule has 0 unspecified atom stereocenters. The first-order chi connectivity index (χ1) is 25.7. The molecule has 3 nitrogen and oxygen atoms in total. The van der Waals surface area contributed by atoms with Crippen molar-refractivity contribution < 1.29 is 31.1 Å². The van der Waals surface area contributed by atoms with Gasteiger partial charge in [0.1, 0.15) is 34.4 Å². The minimum absolute atomic E-state index is 0. The maximum atomic E-state index is 12.9. The summed E-state index contributed by atoms with van der Waals surface area (Å²) in [4.78, 5) is 12.9. The van der Waals surface area contributed by atoms with Gasteiger partial charge in [0.2, 0.25) is 5.31 Å². The molecule has 6 heteroatoms. The van der Waals surface area contributed by atoms with Gasteiger partial charge in [0.15, 0.2) is 5.76 Å². The van der Waals surface area contributed by atoms with Crippen molar-refractivity contribution in [2.24, 2.45) is 0 Å². The van der Waals surface area contributed by atoms with Crippen molar-refractivity contribution in [3.05, 3.63) is 229 Å². The standard InChI is InChI=1S/C23H21O3P.C18H15P.C6H5.Ni/c1-2-26-23(25)22(21(24)18-12-6-3-7-13-18)27(19-14-8-4-9-15-19)20-16-10-5-11-17-20;1-4-10-16(11-5-1)19(17-12-6-2-7-13-17)18-14-8-3-9-15-18;1-2-4-6-5-3-1;/h3-17,24H,2H2,1H3;1-15H;1-5H;/q;;-1;/p+2.